The summed E-state index contributed by atoms with van der Waals surface area (Å²) in [7, 11) is 0. The first kappa shape index (κ1) is 12.8. The molecular formula is C12H15BrN2O. The second-order valence-electron chi connectivity index (χ2n) is 3.66. The smallest absolute Gasteiger partial charge is 0.318 e. The molecule has 0 radical (unpaired) electrons. The summed E-state index contributed by atoms with van der Waals surface area (Å²) in [5.74, 6) is 0. The van der Waals surface area contributed by atoms with Crippen LogP contribution in [0.3, 0.4) is 0 Å². The molecule has 0 saturated carbocycles. The van der Waals surface area contributed by atoms with Gasteiger partial charge in [0.15, 0.2) is 0 Å². The van der Waals surface area contributed by atoms with Crippen LogP contribution in [0.25, 0.3) is 6.08 Å². The predicted molar refractivity (Wildman–Crippen MR) is 70.0 cm³/mol. The molecule has 2 amide bonds. The Morgan fingerprint density at radius 2 is 2.19 bits per heavy atom. The Kier molecular flexibility index (Phi) is 5.05. The topological polar surface area (TPSA) is 41.1 Å². The summed E-state index contributed by atoms with van der Waals surface area (Å²) >= 11 is 3.38. The molecule has 0 atom stereocenters. The highest BCUT2D eigenvalue weighted by Gasteiger charge is 1.98. The van der Waals surface area contributed by atoms with Crippen molar-refractivity contribution >= 4 is 28.0 Å². The molecule has 1 rings (SSSR count). The Morgan fingerprint density at radius 1 is 1.44 bits per heavy atom. The molecule has 0 heterocycles. The molecule has 0 aliphatic heterocycles. The Bertz CT molecular complexity index is 388. The van der Waals surface area contributed by atoms with E-state index in [1.54, 1.807) is 6.20 Å². The maximum atomic E-state index is 11.2. The van der Waals surface area contributed by atoms with Crippen LogP contribution < -0.4 is 10.6 Å². The Balaban J connectivity index is 2.46. The van der Waals surface area contributed by atoms with Crippen molar-refractivity contribution in [2.75, 3.05) is 0 Å². The number of rotatable bonds is 3. The van der Waals surface area contributed by atoms with Crippen molar-refractivity contribution in [2.24, 2.45) is 0 Å². The molecule has 1 aromatic rings. The van der Waals surface area contributed by atoms with E-state index in [4.69, 9.17) is 0 Å². The summed E-state index contributed by atoms with van der Waals surface area (Å²) in [6, 6.07) is 7.77. The molecule has 0 aliphatic rings. The lowest BCUT2D eigenvalue weighted by atomic mass is 10.2. The summed E-state index contributed by atoms with van der Waals surface area (Å²) in [4.78, 5) is 11.2. The summed E-state index contributed by atoms with van der Waals surface area (Å²) in [5, 5.41) is 5.37. The van der Waals surface area contributed by atoms with Gasteiger partial charge in [-0.25, -0.2) is 4.79 Å². The molecule has 1 aromatic carbocycles. The lowest BCUT2D eigenvalue weighted by Crippen LogP contribution is -2.36. The molecular weight excluding hydrogens is 268 g/mol. The zero-order valence-electron chi connectivity index (χ0n) is 9.33. The van der Waals surface area contributed by atoms with E-state index >= 15 is 0 Å². The van der Waals surface area contributed by atoms with Crippen LogP contribution in [0, 0.1) is 0 Å². The number of carbonyl (C=O) groups excluding carboxylic acids is 1. The lowest BCUT2D eigenvalue weighted by Gasteiger charge is -2.06. The molecule has 4 heteroatoms. The Morgan fingerprint density at radius 3 is 2.81 bits per heavy atom. The average molecular weight is 283 g/mol. The molecule has 0 unspecified atom stereocenters. The highest BCUT2D eigenvalue weighted by molar-refractivity contribution is 9.10. The SMILES string of the molecule is CC(C)NC(=O)N/C=C/c1cccc(Br)c1. The van der Waals surface area contributed by atoms with Crippen molar-refractivity contribution in [2.45, 2.75) is 19.9 Å². The first-order valence-electron chi connectivity index (χ1n) is 5.07. The van der Waals surface area contributed by atoms with Gasteiger partial charge in [0, 0.05) is 16.7 Å². The number of urea groups is 1. The molecule has 0 aliphatic carbocycles. The van der Waals surface area contributed by atoms with Gasteiger partial charge < -0.3 is 10.6 Å². The normalized spacial score (nSPS) is 10.8. The second-order valence-corrected chi connectivity index (χ2v) is 4.58. The third-order valence-corrected chi connectivity index (χ3v) is 2.25. The maximum Gasteiger partial charge on any atom is 0.318 e. The van der Waals surface area contributed by atoms with E-state index in [9.17, 15) is 4.79 Å². The van der Waals surface area contributed by atoms with E-state index in [2.05, 4.69) is 26.6 Å². The minimum atomic E-state index is -0.193. The van der Waals surface area contributed by atoms with Crippen LogP contribution in [0.15, 0.2) is 34.9 Å². The Labute approximate surface area is 104 Å². The van der Waals surface area contributed by atoms with E-state index in [1.807, 2.05) is 44.2 Å². The summed E-state index contributed by atoms with van der Waals surface area (Å²) in [6.07, 6.45) is 3.46. The van der Waals surface area contributed by atoms with Crippen LogP contribution in [-0.2, 0) is 0 Å². The van der Waals surface area contributed by atoms with E-state index in [0.29, 0.717) is 0 Å². The fourth-order valence-electron chi connectivity index (χ4n) is 1.13. The van der Waals surface area contributed by atoms with Crippen molar-refractivity contribution in [3.8, 4) is 0 Å². The van der Waals surface area contributed by atoms with Crippen LogP contribution in [0.4, 0.5) is 4.79 Å². The van der Waals surface area contributed by atoms with E-state index in [-0.39, 0.29) is 12.1 Å². The fraction of sp³-hybridized carbons (Fsp3) is 0.250. The summed E-state index contributed by atoms with van der Waals surface area (Å²) in [6.45, 7) is 3.83. The number of amides is 2. The predicted octanol–water partition coefficient (Wildman–Crippen LogP) is 3.13. The lowest BCUT2D eigenvalue weighted by molar-refractivity contribution is 0.242. The van der Waals surface area contributed by atoms with Crippen molar-refractivity contribution in [3.63, 3.8) is 0 Å². The third-order valence-electron chi connectivity index (χ3n) is 1.76. The van der Waals surface area contributed by atoms with Crippen molar-refractivity contribution in [1.82, 2.24) is 10.6 Å². The minimum Gasteiger partial charge on any atom is -0.336 e. The van der Waals surface area contributed by atoms with Gasteiger partial charge >= 0.3 is 6.03 Å². The standard InChI is InChI=1S/C12H15BrN2O/c1-9(2)15-12(16)14-7-6-10-4-3-5-11(13)8-10/h3-9H,1-2H3,(H2,14,15,16)/b7-6+. The van der Waals surface area contributed by atoms with Crippen molar-refractivity contribution < 1.29 is 4.79 Å². The summed E-state index contributed by atoms with van der Waals surface area (Å²) in [5.41, 5.74) is 1.03. The molecule has 0 saturated heterocycles. The van der Waals surface area contributed by atoms with Crippen LogP contribution >= 0.6 is 15.9 Å². The van der Waals surface area contributed by atoms with Crippen LogP contribution in [0.5, 0.6) is 0 Å². The van der Waals surface area contributed by atoms with Crippen molar-refractivity contribution in [1.29, 1.82) is 0 Å². The van der Waals surface area contributed by atoms with Gasteiger partial charge in [-0.3, -0.25) is 0 Å². The minimum absolute atomic E-state index is 0.138. The third kappa shape index (κ3) is 4.98. The van der Waals surface area contributed by atoms with Gasteiger partial charge in [0.25, 0.3) is 0 Å². The first-order chi connectivity index (χ1) is 7.58. The van der Waals surface area contributed by atoms with Gasteiger partial charge in [-0.15, -0.1) is 0 Å². The molecule has 0 bridgehead atoms. The van der Waals surface area contributed by atoms with E-state index < -0.39 is 0 Å². The van der Waals surface area contributed by atoms with Crippen LogP contribution in [-0.4, -0.2) is 12.1 Å². The van der Waals surface area contributed by atoms with E-state index in [0.717, 1.165) is 10.0 Å². The monoisotopic (exact) mass is 282 g/mol. The number of hydrogen-bond donors (Lipinski definition) is 2. The highest BCUT2D eigenvalue weighted by atomic mass is 79.9. The zero-order valence-corrected chi connectivity index (χ0v) is 10.9. The molecule has 0 aromatic heterocycles. The molecule has 3 nitrogen and oxygen atoms in total. The molecule has 16 heavy (non-hydrogen) atoms. The first-order valence-corrected chi connectivity index (χ1v) is 5.86. The van der Waals surface area contributed by atoms with Crippen molar-refractivity contribution in [3.05, 3.63) is 40.5 Å². The largest absolute Gasteiger partial charge is 0.336 e. The fourth-order valence-corrected chi connectivity index (χ4v) is 1.54. The van der Waals surface area contributed by atoms with Crippen LogP contribution in [0.1, 0.15) is 19.4 Å². The average Bonchev–Trinajstić information content (AvgIpc) is 2.16. The molecule has 0 spiro atoms. The zero-order chi connectivity index (χ0) is 12.0. The maximum absolute atomic E-state index is 11.2. The van der Waals surface area contributed by atoms with Gasteiger partial charge in [-0.05, 0) is 37.6 Å². The van der Waals surface area contributed by atoms with Crippen LogP contribution in [0.2, 0.25) is 0 Å². The van der Waals surface area contributed by atoms with Gasteiger partial charge in [-0.2, -0.15) is 0 Å². The van der Waals surface area contributed by atoms with Gasteiger partial charge in [0.1, 0.15) is 0 Å². The number of carbonyl (C=O) groups is 1. The molecule has 0 fully saturated rings. The molecule has 86 valence electrons. The highest BCUT2D eigenvalue weighted by Crippen LogP contribution is 2.12. The number of benzene rings is 1. The van der Waals surface area contributed by atoms with Gasteiger partial charge in [0.05, 0.1) is 0 Å². The van der Waals surface area contributed by atoms with E-state index in [1.165, 1.54) is 0 Å². The molecule has 2 N–H and O–H groups in total. The van der Waals surface area contributed by atoms with Gasteiger partial charge in [0.2, 0.25) is 0 Å². The Hall–Kier alpha value is -1.29. The number of halogens is 1. The van der Waals surface area contributed by atoms with Gasteiger partial charge in [-0.1, -0.05) is 28.1 Å². The number of hydrogen-bond acceptors (Lipinski definition) is 1. The number of nitrogens with one attached hydrogen (secondary N) is 2. The summed E-state index contributed by atoms with van der Waals surface area (Å²) < 4.78 is 1.02. The second kappa shape index (κ2) is 6.33. The quantitative estimate of drug-likeness (QED) is 0.879.